The van der Waals surface area contributed by atoms with Crippen molar-refractivity contribution in [2.24, 2.45) is 5.92 Å². The summed E-state index contributed by atoms with van der Waals surface area (Å²) in [4.78, 5) is 10.2. The summed E-state index contributed by atoms with van der Waals surface area (Å²) in [5.74, 6) is -0.306. The molecule has 1 saturated heterocycles. The molecule has 2 N–H and O–H groups in total. The first kappa shape index (κ1) is 14.5. The van der Waals surface area contributed by atoms with Gasteiger partial charge in [0.15, 0.2) is 0 Å². The molecule has 0 aliphatic carbocycles. The third kappa shape index (κ3) is 5.63. The van der Waals surface area contributed by atoms with E-state index in [1.165, 1.54) is 0 Å². The molecule has 0 radical (unpaired) electrons. The highest BCUT2D eigenvalue weighted by atomic mass is 35.5. The Balaban J connectivity index is 0. The van der Waals surface area contributed by atoms with Crippen LogP contribution in [0.25, 0.3) is 0 Å². The molecular weight excluding hydrogens is 201 g/mol. The van der Waals surface area contributed by atoms with Crippen molar-refractivity contribution in [2.75, 3.05) is 13.1 Å². The summed E-state index contributed by atoms with van der Waals surface area (Å²) in [6, 6.07) is 0. The molecule has 1 aliphatic heterocycles. The van der Waals surface area contributed by atoms with Gasteiger partial charge in [-0.1, -0.05) is 0 Å². The molecule has 0 spiro atoms. The normalized spacial score (nSPS) is 21.8. The van der Waals surface area contributed by atoms with Crippen molar-refractivity contribution in [3.8, 4) is 0 Å². The predicted molar refractivity (Wildman–Crippen MR) is 52.3 cm³/mol. The van der Waals surface area contributed by atoms with Gasteiger partial charge in [-0.25, -0.2) is 0 Å². The molecule has 0 aromatic carbocycles. The van der Waals surface area contributed by atoms with Crippen LogP contribution in [0.15, 0.2) is 0 Å². The van der Waals surface area contributed by atoms with Crippen molar-refractivity contribution in [3.63, 3.8) is 0 Å². The topological polar surface area (TPSA) is 49.3 Å². The van der Waals surface area contributed by atoms with E-state index in [1.807, 2.05) is 0 Å². The number of halogens is 2. The Morgan fingerprint density at radius 1 is 1.50 bits per heavy atom. The first-order valence-electron chi connectivity index (χ1n) is 3.71. The van der Waals surface area contributed by atoms with Crippen molar-refractivity contribution in [2.45, 2.75) is 19.3 Å². The fourth-order valence-corrected chi connectivity index (χ4v) is 1.35. The molecule has 1 atom stereocenters. The van der Waals surface area contributed by atoms with Crippen LogP contribution in [-0.4, -0.2) is 24.2 Å². The number of hydrogen-bond acceptors (Lipinski definition) is 2. The van der Waals surface area contributed by atoms with Crippen molar-refractivity contribution in [1.82, 2.24) is 5.32 Å². The molecule has 0 aromatic heterocycles. The molecule has 0 aromatic rings. The lowest BCUT2D eigenvalue weighted by Gasteiger charge is -2.20. The number of hydrogen-bond donors (Lipinski definition) is 2. The molecule has 5 heteroatoms. The van der Waals surface area contributed by atoms with E-state index in [2.05, 4.69) is 5.32 Å². The van der Waals surface area contributed by atoms with Gasteiger partial charge in [0.1, 0.15) is 0 Å². The van der Waals surface area contributed by atoms with E-state index in [0.717, 1.165) is 25.9 Å². The zero-order chi connectivity index (χ0) is 7.40. The maximum absolute atomic E-state index is 10.2. The van der Waals surface area contributed by atoms with Crippen LogP contribution < -0.4 is 5.32 Å². The van der Waals surface area contributed by atoms with Gasteiger partial charge in [-0.05, 0) is 31.8 Å². The molecule has 1 fully saturated rings. The van der Waals surface area contributed by atoms with Crippen LogP contribution >= 0.6 is 24.8 Å². The number of rotatable bonds is 2. The minimum Gasteiger partial charge on any atom is -0.481 e. The first-order chi connectivity index (χ1) is 4.79. The van der Waals surface area contributed by atoms with Gasteiger partial charge < -0.3 is 10.4 Å². The van der Waals surface area contributed by atoms with E-state index < -0.39 is 5.97 Å². The quantitative estimate of drug-likeness (QED) is 0.731. The van der Waals surface area contributed by atoms with E-state index in [-0.39, 0.29) is 24.8 Å². The lowest BCUT2D eigenvalue weighted by atomic mass is 9.96. The molecule has 0 saturated carbocycles. The van der Waals surface area contributed by atoms with Crippen LogP contribution in [0.3, 0.4) is 0 Å². The third-order valence-electron chi connectivity index (χ3n) is 1.86. The van der Waals surface area contributed by atoms with Crippen LogP contribution in [0.1, 0.15) is 19.3 Å². The number of piperidine rings is 1. The number of aliphatic carboxylic acids is 1. The molecule has 12 heavy (non-hydrogen) atoms. The van der Waals surface area contributed by atoms with E-state index >= 15 is 0 Å². The fraction of sp³-hybridized carbons (Fsp3) is 0.857. The number of carbonyl (C=O) groups is 1. The Labute approximate surface area is 84.7 Å². The maximum Gasteiger partial charge on any atom is 0.303 e. The van der Waals surface area contributed by atoms with Gasteiger partial charge in [0.05, 0.1) is 0 Å². The first-order valence-corrected chi connectivity index (χ1v) is 3.71. The van der Waals surface area contributed by atoms with Gasteiger partial charge in [0.2, 0.25) is 0 Å². The Morgan fingerprint density at radius 3 is 2.58 bits per heavy atom. The van der Waals surface area contributed by atoms with E-state index in [9.17, 15) is 4.79 Å². The second kappa shape index (κ2) is 7.65. The summed E-state index contributed by atoms with van der Waals surface area (Å²) >= 11 is 0. The highest BCUT2D eigenvalue weighted by Gasteiger charge is 2.15. The standard InChI is InChI=1S/C7H13NO2.2ClH/c9-7(10)4-6-2-1-3-8-5-6;;/h6,8H,1-5H2,(H,9,10);2*1H. The summed E-state index contributed by atoms with van der Waals surface area (Å²) in [5.41, 5.74) is 0. The Hall–Kier alpha value is 0.01000. The summed E-state index contributed by atoms with van der Waals surface area (Å²) in [6.45, 7) is 1.93. The molecule has 1 rings (SSSR count). The summed E-state index contributed by atoms with van der Waals surface area (Å²) in [7, 11) is 0. The van der Waals surface area contributed by atoms with Gasteiger partial charge in [-0.3, -0.25) is 4.79 Å². The molecular formula is C7H15Cl2NO2. The van der Waals surface area contributed by atoms with Crippen molar-refractivity contribution < 1.29 is 9.90 Å². The lowest BCUT2D eigenvalue weighted by molar-refractivity contribution is -0.138. The summed E-state index contributed by atoms with van der Waals surface area (Å²) in [5, 5.41) is 11.6. The van der Waals surface area contributed by atoms with Crippen molar-refractivity contribution in [1.29, 1.82) is 0 Å². The molecule has 1 unspecified atom stereocenters. The minimum absolute atomic E-state index is 0. The van der Waals surface area contributed by atoms with Crippen LogP contribution in [-0.2, 0) is 4.79 Å². The van der Waals surface area contributed by atoms with Crippen LogP contribution in [0.5, 0.6) is 0 Å². The van der Waals surface area contributed by atoms with E-state index in [0.29, 0.717) is 12.3 Å². The Kier molecular flexibility index (Phi) is 9.26. The smallest absolute Gasteiger partial charge is 0.303 e. The monoisotopic (exact) mass is 215 g/mol. The van der Waals surface area contributed by atoms with Crippen molar-refractivity contribution >= 4 is 30.8 Å². The molecule has 1 aliphatic rings. The number of nitrogens with one attached hydrogen (secondary N) is 1. The fourth-order valence-electron chi connectivity index (χ4n) is 1.35. The average Bonchev–Trinajstić information content (AvgIpc) is 1.88. The number of carboxylic acids is 1. The highest BCUT2D eigenvalue weighted by molar-refractivity contribution is 5.85. The minimum atomic E-state index is -0.672. The maximum atomic E-state index is 10.2. The molecule has 3 nitrogen and oxygen atoms in total. The molecule has 74 valence electrons. The zero-order valence-corrected chi connectivity index (χ0v) is 8.42. The van der Waals surface area contributed by atoms with Crippen LogP contribution in [0.2, 0.25) is 0 Å². The SMILES string of the molecule is Cl.Cl.O=C(O)CC1CCCNC1. The van der Waals surface area contributed by atoms with Crippen molar-refractivity contribution in [3.05, 3.63) is 0 Å². The van der Waals surface area contributed by atoms with Gasteiger partial charge >= 0.3 is 5.97 Å². The molecule has 1 heterocycles. The summed E-state index contributed by atoms with van der Waals surface area (Å²) < 4.78 is 0. The summed E-state index contributed by atoms with van der Waals surface area (Å²) in [6.07, 6.45) is 2.52. The highest BCUT2D eigenvalue weighted by Crippen LogP contribution is 2.13. The lowest BCUT2D eigenvalue weighted by Crippen LogP contribution is -2.30. The average molecular weight is 216 g/mol. The number of carboxylic acid groups (broad SMARTS) is 1. The second-order valence-electron chi connectivity index (χ2n) is 2.81. The van der Waals surface area contributed by atoms with E-state index in [1.54, 1.807) is 0 Å². The second-order valence-corrected chi connectivity index (χ2v) is 2.81. The largest absolute Gasteiger partial charge is 0.481 e. The van der Waals surface area contributed by atoms with Gasteiger partial charge in [0, 0.05) is 6.42 Å². The third-order valence-corrected chi connectivity index (χ3v) is 1.86. The Bertz CT molecular complexity index is 127. The zero-order valence-electron chi connectivity index (χ0n) is 6.78. The van der Waals surface area contributed by atoms with Gasteiger partial charge in [-0.2, -0.15) is 0 Å². The predicted octanol–water partition coefficient (Wildman–Crippen LogP) is 1.30. The van der Waals surface area contributed by atoms with E-state index in [4.69, 9.17) is 5.11 Å². The molecule has 0 bridgehead atoms. The van der Waals surface area contributed by atoms with Crippen LogP contribution in [0, 0.1) is 5.92 Å². The van der Waals surface area contributed by atoms with Gasteiger partial charge in [0.25, 0.3) is 0 Å². The molecule has 0 amide bonds. The Morgan fingerprint density at radius 2 is 2.17 bits per heavy atom. The van der Waals surface area contributed by atoms with Crippen LogP contribution in [0.4, 0.5) is 0 Å². The van der Waals surface area contributed by atoms with Gasteiger partial charge in [-0.15, -0.1) is 24.8 Å².